The zero-order valence-electron chi connectivity index (χ0n) is 31.6. The lowest BCUT2D eigenvalue weighted by molar-refractivity contribution is 0.213. The van der Waals surface area contributed by atoms with E-state index in [4.69, 9.17) is 18.3 Å². The van der Waals surface area contributed by atoms with E-state index in [0.717, 1.165) is 34.4 Å². The first-order chi connectivity index (χ1) is 27.8. The Balaban J connectivity index is 0.000000221. The number of sulfonamides is 2. The molecule has 16 heteroatoms. The largest absolute Gasteiger partial charge is 0.482 e. The standard InChI is InChI=1S/2C21H21NO6S/c1-15-6-5-9-18(10-15)29(25,26)22-12-17-11-19(24)21(20(13-23)28-17)27-14-16-7-3-2-4-8-16;1-15-7-9-18(10-8-15)29(25,26)22-12-17-11-19(24)21(20(13-23)28-17)27-14-16-5-3-2-4-6-16/h2*2-11,22-23H,12-14H2,1H3. The van der Waals surface area contributed by atoms with Gasteiger partial charge in [0.05, 0.1) is 22.9 Å². The summed E-state index contributed by atoms with van der Waals surface area (Å²) in [6, 6.07) is 33.6. The Bertz CT molecular complexity index is 2630. The van der Waals surface area contributed by atoms with Crippen LogP contribution in [0.4, 0.5) is 0 Å². The Kier molecular flexibility index (Phi) is 14.9. The van der Waals surface area contributed by atoms with Crippen LogP contribution >= 0.6 is 0 Å². The lowest BCUT2D eigenvalue weighted by atomic mass is 10.2. The van der Waals surface area contributed by atoms with Crippen LogP contribution in [-0.4, -0.2) is 27.0 Å². The van der Waals surface area contributed by atoms with Crippen LogP contribution in [0.5, 0.6) is 11.5 Å². The van der Waals surface area contributed by atoms with Gasteiger partial charge in [-0.1, -0.05) is 90.5 Å². The van der Waals surface area contributed by atoms with E-state index in [-0.39, 0.29) is 70.6 Å². The molecule has 2 aromatic heterocycles. The third-order valence-corrected chi connectivity index (χ3v) is 11.1. The van der Waals surface area contributed by atoms with Gasteiger partial charge in [-0.2, -0.15) is 0 Å². The molecule has 0 saturated heterocycles. The Hall–Kier alpha value is -5.88. The highest BCUT2D eigenvalue weighted by molar-refractivity contribution is 7.89. The number of aliphatic hydroxyl groups excluding tert-OH is 2. The molecule has 0 aliphatic heterocycles. The highest BCUT2D eigenvalue weighted by Gasteiger charge is 2.19. The van der Waals surface area contributed by atoms with Gasteiger partial charge in [-0.25, -0.2) is 26.3 Å². The molecule has 0 fully saturated rings. The zero-order valence-corrected chi connectivity index (χ0v) is 33.2. The molecule has 6 aromatic rings. The van der Waals surface area contributed by atoms with Crippen LogP contribution < -0.4 is 29.8 Å². The molecule has 0 atom stereocenters. The van der Waals surface area contributed by atoms with Crippen molar-refractivity contribution < 1.29 is 45.4 Å². The number of aliphatic hydroxyl groups is 2. The lowest BCUT2D eigenvalue weighted by Crippen LogP contribution is -2.24. The topological polar surface area (TPSA) is 212 Å². The summed E-state index contributed by atoms with van der Waals surface area (Å²) in [5, 5.41) is 19.1. The maximum absolute atomic E-state index is 12.4. The van der Waals surface area contributed by atoms with Gasteiger partial charge in [0.15, 0.2) is 11.5 Å². The van der Waals surface area contributed by atoms with Crippen molar-refractivity contribution in [2.45, 2.75) is 63.2 Å². The minimum absolute atomic E-state index is 0.0572. The zero-order chi connectivity index (χ0) is 41.7. The first-order valence-electron chi connectivity index (χ1n) is 17.8. The SMILES string of the molecule is Cc1ccc(S(=O)(=O)NCc2cc(=O)c(OCc3ccccc3)c(CO)o2)cc1.Cc1cccc(S(=O)(=O)NCc2cc(=O)c(OCc3ccccc3)c(CO)o2)c1. The van der Waals surface area contributed by atoms with E-state index in [0.29, 0.717) is 0 Å². The molecule has 4 aromatic carbocycles. The van der Waals surface area contributed by atoms with Crippen molar-refractivity contribution in [1.82, 2.24) is 9.44 Å². The average Bonchev–Trinajstić information content (AvgIpc) is 3.22. The van der Waals surface area contributed by atoms with Crippen molar-refractivity contribution in [1.29, 1.82) is 0 Å². The molecule has 4 N–H and O–H groups in total. The monoisotopic (exact) mass is 830 g/mol. The fourth-order valence-corrected chi connectivity index (χ4v) is 7.40. The average molecular weight is 831 g/mol. The van der Waals surface area contributed by atoms with Crippen molar-refractivity contribution in [3.8, 4) is 11.5 Å². The molecule has 304 valence electrons. The smallest absolute Gasteiger partial charge is 0.240 e. The Morgan fingerprint density at radius 1 is 0.534 bits per heavy atom. The minimum Gasteiger partial charge on any atom is -0.482 e. The van der Waals surface area contributed by atoms with E-state index < -0.39 is 44.1 Å². The first-order valence-corrected chi connectivity index (χ1v) is 20.7. The fourth-order valence-electron chi connectivity index (χ4n) is 5.31. The van der Waals surface area contributed by atoms with Gasteiger partial charge < -0.3 is 28.5 Å². The van der Waals surface area contributed by atoms with Crippen molar-refractivity contribution in [2.75, 3.05) is 0 Å². The van der Waals surface area contributed by atoms with E-state index in [1.54, 1.807) is 31.2 Å². The summed E-state index contributed by atoms with van der Waals surface area (Å²) in [6.45, 7) is 2.33. The van der Waals surface area contributed by atoms with E-state index in [2.05, 4.69) is 9.44 Å². The van der Waals surface area contributed by atoms with Gasteiger partial charge in [-0.15, -0.1) is 0 Å². The Morgan fingerprint density at radius 2 is 0.983 bits per heavy atom. The van der Waals surface area contributed by atoms with Crippen molar-refractivity contribution in [3.63, 3.8) is 0 Å². The normalized spacial score (nSPS) is 11.4. The molecule has 2 heterocycles. The summed E-state index contributed by atoms with van der Waals surface area (Å²) in [5.74, 6) is -0.163. The molecule has 0 amide bonds. The molecule has 0 bridgehead atoms. The third-order valence-electron chi connectivity index (χ3n) is 8.29. The maximum atomic E-state index is 12.4. The molecule has 14 nitrogen and oxygen atoms in total. The van der Waals surface area contributed by atoms with E-state index in [1.807, 2.05) is 67.6 Å². The van der Waals surface area contributed by atoms with Crippen molar-refractivity contribution in [2.24, 2.45) is 0 Å². The minimum atomic E-state index is -3.78. The quantitative estimate of drug-likeness (QED) is 0.102. The molecule has 58 heavy (non-hydrogen) atoms. The van der Waals surface area contributed by atoms with Gasteiger partial charge in [0, 0.05) is 12.1 Å². The van der Waals surface area contributed by atoms with Gasteiger partial charge in [0.25, 0.3) is 0 Å². The summed E-state index contributed by atoms with van der Waals surface area (Å²) in [6.07, 6.45) is 0. The molecule has 0 saturated carbocycles. The number of hydrogen-bond donors (Lipinski definition) is 4. The van der Waals surface area contributed by atoms with Crippen molar-refractivity contribution in [3.05, 3.63) is 187 Å². The molecular weight excluding hydrogens is 789 g/mol. The van der Waals surface area contributed by atoms with Gasteiger partial charge in [-0.05, 0) is 54.8 Å². The molecule has 0 radical (unpaired) electrons. The Labute approximate surface area is 335 Å². The van der Waals surface area contributed by atoms with Crippen LogP contribution in [0.3, 0.4) is 0 Å². The van der Waals surface area contributed by atoms with Crippen LogP contribution in [0.15, 0.2) is 150 Å². The molecular formula is C42H42N2O12S2. The fraction of sp³-hybridized carbons (Fsp3) is 0.190. The number of benzene rings is 4. The third kappa shape index (κ3) is 12.1. The summed E-state index contributed by atoms with van der Waals surface area (Å²) in [5.41, 5.74) is 2.45. The summed E-state index contributed by atoms with van der Waals surface area (Å²) in [7, 11) is -7.55. The maximum Gasteiger partial charge on any atom is 0.240 e. The van der Waals surface area contributed by atoms with Gasteiger partial charge >= 0.3 is 0 Å². The molecule has 0 aliphatic carbocycles. The predicted molar refractivity (Wildman–Crippen MR) is 214 cm³/mol. The molecule has 0 aliphatic rings. The van der Waals surface area contributed by atoms with Gasteiger partial charge in [0.1, 0.15) is 37.9 Å². The second-order valence-electron chi connectivity index (χ2n) is 12.8. The highest BCUT2D eigenvalue weighted by atomic mass is 32.2. The van der Waals surface area contributed by atoms with E-state index in [9.17, 15) is 36.6 Å². The molecule has 6 rings (SSSR count). The first kappa shape index (κ1) is 43.2. The van der Waals surface area contributed by atoms with E-state index >= 15 is 0 Å². The number of rotatable bonds is 16. The van der Waals surface area contributed by atoms with Crippen LogP contribution in [0.25, 0.3) is 0 Å². The second-order valence-corrected chi connectivity index (χ2v) is 16.3. The van der Waals surface area contributed by atoms with Crippen LogP contribution in [0.2, 0.25) is 0 Å². The van der Waals surface area contributed by atoms with Crippen LogP contribution in [0.1, 0.15) is 45.3 Å². The summed E-state index contributed by atoms with van der Waals surface area (Å²) >= 11 is 0. The second kappa shape index (κ2) is 20.0. The molecule has 0 unspecified atom stereocenters. The highest BCUT2D eigenvalue weighted by Crippen LogP contribution is 2.20. The molecule has 0 spiro atoms. The summed E-state index contributed by atoms with van der Waals surface area (Å²) < 4.78 is 76.4. The van der Waals surface area contributed by atoms with Crippen LogP contribution in [0, 0.1) is 13.8 Å². The Morgan fingerprint density at radius 3 is 1.41 bits per heavy atom. The number of ether oxygens (including phenoxy) is 2. The van der Waals surface area contributed by atoms with Crippen molar-refractivity contribution >= 4 is 20.0 Å². The predicted octanol–water partition coefficient (Wildman–Crippen LogP) is 5.00. The number of aryl methyl sites for hydroxylation is 2. The number of hydrogen-bond acceptors (Lipinski definition) is 12. The van der Waals surface area contributed by atoms with Crippen LogP contribution in [-0.2, 0) is 59.6 Å². The summed E-state index contributed by atoms with van der Waals surface area (Å²) in [4.78, 5) is 25.0. The lowest BCUT2D eigenvalue weighted by Gasteiger charge is -2.11. The number of nitrogens with one attached hydrogen (secondary N) is 2. The van der Waals surface area contributed by atoms with E-state index in [1.165, 1.54) is 24.3 Å². The van der Waals surface area contributed by atoms with Gasteiger partial charge in [0.2, 0.25) is 42.4 Å². The van der Waals surface area contributed by atoms with Gasteiger partial charge in [-0.3, -0.25) is 9.59 Å².